The second-order valence-electron chi connectivity index (χ2n) is 14.5. The highest BCUT2D eigenvalue weighted by atomic mass is 31.1. The van der Waals surface area contributed by atoms with E-state index in [1.807, 2.05) is 0 Å². The molecular weight excluding hydrogens is 535 g/mol. The Morgan fingerprint density at radius 1 is 0.186 bits per heavy atom. The van der Waals surface area contributed by atoms with Gasteiger partial charge in [0.25, 0.3) is 0 Å². The Hall–Kier alpha value is 0.430. The minimum atomic E-state index is 0.328. The van der Waals surface area contributed by atoms with E-state index in [0.717, 1.165) is 0 Å². The van der Waals surface area contributed by atoms with Gasteiger partial charge in [0.2, 0.25) is 0 Å². The summed E-state index contributed by atoms with van der Waals surface area (Å²) in [4.78, 5) is 0. The van der Waals surface area contributed by atoms with Crippen LogP contribution in [-0.2, 0) is 0 Å². The molecule has 0 saturated heterocycles. The lowest BCUT2D eigenvalue weighted by molar-refractivity contribution is 0.538. The first-order valence-electron chi connectivity index (χ1n) is 21.1. The molecule has 0 rings (SSSR count). The van der Waals surface area contributed by atoms with Gasteiger partial charge < -0.3 is 0 Å². The van der Waals surface area contributed by atoms with Crippen LogP contribution in [0.2, 0.25) is 0 Å². The van der Waals surface area contributed by atoms with Crippen LogP contribution in [0.25, 0.3) is 0 Å². The highest BCUT2D eigenvalue weighted by Crippen LogP contribution is 2.39. The SMILES string of the molecule is CCCCCCCCCCCCCCCCP(CCCCCCCCCC)CCCCCCCCCCCCCCCC. The zero-order valence-corrected chi connectivity index (χ0v) is 31.9. The fraction of sp³-hybridized carbons (Fsp3) is 1.00. The first-order chi connectivity index (χ1) is 21.3. The Labute approximate surface area is 277 Å². The average Bonchev–Trinajstić information content (AvgIpc) is 3.02. The molecule has 0 aromatic heterocycles. The summed E-state index contributed by atoms with van der Waals surface area (Å²) in [5, 5.41) is 0. The van der Waals surface area contributed by atoms with Gasteiger partial charge in [0, 0.05) is 0 Å². The second kappa shape index (κ2) is 40.5. The molecule has 1 heteroatoms. The molecule has 0 bridgehead atoms. The Morgan fingerprint density at radius 3 is 0.488 bits per heavy atom. The monoisotopic (exact) mass is 623 g/mol. The molecule has 0 aromatic rings. The molecule has 0 aliphatic carbocycles. The molecule has 0 fully saturated rings. The molecule has 0 amide bonds. The third-order valence-electron chi connectivity index (χ3n) is 9.98. The predicted molar refractivity (Wildman–Crippen MR) is 205 cm³/mol. The summed E-state index contributed by atoms with van der Waals surface area (Å²) >= 11 is 0. The van der Waals surface area contributed by atoms with Crippen molar-refractivity contribution in [3.05, 3.63) is 0 Å². The van der Waals surface area contributed by atoms with Gasteiger partial charge in [-0.15, -0.1) is 7.92 Å². The smallest absolute Gasteiger partial charge is 0.0326 e. The summed E-state index contributed by atoms with van der Waals surface area (Å²) in [5.41, 5.74) is 0. The van der Waals surface area contributed by atoms with Crippen molar-refractivity contribution in [3.63, 3.8) is 0 Å². The van der Waals surface area contributed by atoms with Crippen LogP contribution in [0.15, 0.2) is 0 Å². The maximum atomic E-state index is 2.33. The van der Waals surface area contributed by atoms with E-state index in [-0.39, 0.29) is 0 Å². The van der Waals surface area contributed by atoms with Gasteiger partial charge in [0.1, 0.15) is 0 Å². The lowest BCUT2D eigenvalue weighted by Gasteiger charge is -2.18. The van der Waals surface area contributed by atoms with Gasteiger partial charge in [-0.3, -0.25) is 0 Å². The highest BCUT2D eigenvalue weighted by molar-refractivity contribution is 7.57. The van der Waals surface area contributed by atoms with Crippen molar-refractivity contribution in [2.24, 2.45) is 0 Å². The largest absolute Gasteiger partial charge is 0.107 e. The van der Waals surface area contributed by atoms with E-state index in [2.05, 4.69) is 20.8 Å². The Morgan fingerprint density at radius 2 is 0.326 bits per heavy atom. The van der Waals surface area contributed by atoms with Crippen LogP contribution in [0.4, 0.5) is 0 Å². The van der Waals surface area contributed by atoms with E-state index >= 15 is 0 Å². The molecule has 0 spiro atoms. The lowest BCUT2D eigenvalue weighted by atomic mass is 10.0. The van der Waals surface area contributed by atoms with Gasteiger partial charge >= 0.3 is 0 Å². The molecule has 0 heterocycles. The second-order valence-corrected chi connectivity index (χ2v) is 17.2. The van der Waals surface area contributed by atoms with E-state index in [0.29, 0.717) is 7.92 Å². The summed E-state index contributed by atoms with van der Waals surface area (Å²) < 4.78 is 0. The number of hydrogen-bond donors (Lipinski definition) is 0. The predicted octanol–water partition coefficient (Wildman–Crippen LogP) is 16.6. The summed E-state index contributed by atoms with van der Waals surface area (Å²) in [5.74, 6) is 0. The highest BCUT2D eigenvalue weighted by Gasteiger charge is 2.08. The zero-order chi connectivity index (χ0) is 31.2. The summed E-state index contributed by atoms with van der Waals surface area (Å²) in [6, 6.07) is 0. The van der Waals surface area contributed by atoms with Crippen LogP contribution in [0.3, 0.4) is 0 Å². The Balaban J connectivity index is 3.82. The average molecular weight is 623 g/mol. The first kappa shape index (κ1) is 43.4. The minimum absolute atomic E-state index is 0.328. The Bertz CT molecular complexity index is 428. The standard InChI is InChI=1S/C42H87P/c1-4-7-10-13-16-19-21-23-25-27-29-32-35-38-41-43(40-37-34-31-18-15-12-9-6-3)42-39-36-33-30-28-26-24-22-20-17-14-11-8-5-2/h4-42H2,1-3H3. The molecule has 0 N–H and O–H groups in total. The van der Waals surface area contributed by atoms with Crippen molar-refractivity contribution in [2.75, 3.05) is 18.5 Å². The topological polar surface area (TPSA) is 0 Å². The van der Waals surface area contributed by atoms with Gasteiger partial charge in [0.15, 0.2) is 0 Å². The van der Waals surface area contributed by atoms with Crippen molar-refractivity contribution < 1.29 is 0 Å². The third-order valence-corrected chi connectivity index (χ3v) is 12.8. The van der Waals surface area contributed by atoms with Crippen LogP contribution in [0.5, 0.6) is 0 Å². The van der Waals surface area contributed by atoms with Crippen molar-refractivity contribution in [2.45, 2.75) is 252 Å². The number of unbranched alkanes of at least 4 members (excludes halogenated alkanes) is 33. The summed E-state index contributed by atoms with van der Waals surface area (Å²) in [7, 11) is 0.328. The van der Waals surface area contributed by atoms with Gasteiger partial charge in [-0.25, -0.2) is 0 Å². The lowest BCUT2D eigenvalue weighted by Crippen LogP contribution is -1.97. The molecule has 0 aliphatic heterocycles. The van der Waals surface area contributed by atoms with Crippen molar-refractivity contribution >= 4 is 7.92 Å². The van der Waals surface area contributed by atoms with E-state index in [9.17, 15) is 0 Å². The van der Waals surface area contributed by atoms with E-state index in [1.54, 1.807) is 31.3 Å². The molecule has 0 atom stereocenters. The fourth-order valence-electron chi connectivity index (χ4n) is 6.86. The van der Waals surface area contributed by atoms with Gasteiger partial charge in [-0.1, -0.05) is 233 Å². The minimum Gasteiger partial charge on any atom is -0.107 e. The molecule has 260 valence electrons. The molecule has 0 unspecified atom stereocenters. The quantitative estimate of drug-likeness (QED) is 0.0472. The normalized spacial score (nSPS) is 11.7. The van der Waals surface area contributed by atoms with Crippen LogP contribution in [0.1, 0.15) is 252 Å². The van der Waals surface area contributed by atoms with Crippen molar-refractivity contribution in [1.29, 1.82) is 0 Å². The van der Waals surface area contributed by atoms with Crippen LogP contribution in [-0.4, -0.2) is 18.5 Å². The van der Waals surface area contributed by atoms with E-state index in [4.69, 9.17) is 0 Å². The van der Waals surface area contributed by atoms with Crippen LogP contribution >= 0.6 is 7.92 Å². The summed E-state index contributed by atoms with van der Waals surface area (Å²) in [6.07, 6.45) is 58.3. The first-order valence-corrected chi connectivity index (χ1v) is 23.0. The number of hydrogen-bond acceptors (Lipinski definition) is 0. The maximum absolute atomic E-state index is 2.33. The molecule has 0 saturated carbocycles. The van der Waals surface area contributed by atoms with E-state index in [1.165, 1.54) is 218 Å². The zero-order valence-electron chi connectivity index (χ0n) is 31.0. The molecular formula is C42H87P. The van der Waals surface area contributed by atoms with Crippen LogP contribution in [0, 0.1) is 0 Å². The fourth-order valence-corrected chi connectivity index (χ4v) is 9.55. The maximum Gasteiger partial charge on any atom is -0.0326 e. The van der Waals surface area contributed by atoms with Crippen LogP contribution < -0.4 is 0 Å². The summed E-state index contributed by atoms with van der Waals surface area (Å²) in [6.45, 7) is 6.97. The van der Waals surface area contributed by atoms with E-state index < -0.39 is 0 Å². The molecule has 0 nitrogen and oxygen atoms in total. The molecule has 43 heavy (non-hydrogen) atoms. The van der Waals surface area contributed by atoms with Crippen molar-refractivity contribution in [3.8, 4) is 0 Å². The van der Waals surface area contributed by atoms with Crippen molar-refractivity contribution in [1.82, 2.24) is 0 Å². The molecule has 0 aromatic carbocycles. The number of rotatable bonds is 39. The van der Waals surface area contributed by atoms with Gasteiger partial charge in [-0.2, -0.15) is 0 Å². The van der Waals surface area contributed by atoms with Gasteiger partial charge in [-0.05, 0) is 37.7 Å². The molecule has 0 radical (unpaired) electrons. The van der Waals surface area contributed by atoms with Gasteiger partial charge in [0.05, 0.1) is 0 Å². The Kier molecular flexibility index (Phi) is 40.9. The molecule has 0 aliphatic rings. The third kappa shape index (κ3) is 38.5.